The Kier molecular flexibility index (Phi) is 8.48. The fraction of sp³-hybridized carbons (Fsp3) is 0.462. The first-order chi connectivity index (χ1) is 7.83. The third kappa shape index (κ3) is 4.37. The summed E-state index contributed by atoms with van der Waals surface area (Å²) < 4.78 is 2.08. The number of imidazole rings is 1. The molecule has 0 atom stereocenters. The molecule has 102 valence electrons. The summed E-state index contributed by atoms with van der Waals surface area (Å²) in [6, 6.07) is 6.10. The van der Waals surface area contributed by atoms with Crippen LogP contribution in [-0.4, -0.2) is 33.9 Å². The monoisotopic (exact) mass is 377 g/mol. The molecule has 0 N–H and O–H groups in total. The highest BCUT2D eigenvalue weighted by atomic mass is 79.9. The van der Waals surface area contributed by atoms with Gasteiger partial charge in [0.05, 0.1) is 5.69 Å². The minimum absolute atomic E-state index is 0. The van der Waals surface area contributed by atoms with Gasteiger partial charge < -0.3 is 9.30 Å². The molecule has 0 aromatic carbocycles. The highest BCUT2D eigenvalue weighted by Gasteiger charge is 2.03. The lowest BCUT2D eigenvalue weighted by molar-refractivity contribution is 0.307. The minimum atomic E-state index is 0. The number of halogens is 2. The molecule has 18 heavy (non-hydrogen) atoms. The van der Waals surface area contributed by atoms with Crippen molar-refractivity contribution in [1.82, 2.24) is 14.3 Å². The zero-order chi connectivity index (χ0) is 11.4. The first kappa shape index (κ1) is 17.6. The lowest BCUT2D eigenvalue weighted by Crippen LogP contribution is -2.25. The summed E-state index contributed by atoms with van der Waals surface area (Å²) in [5, 5.41) is 0. The van der Waals surface area contributed by atoms with Gasteiger partial charge in [0, 0.05) is 25.4 Å². The smallest absolute Gasteiger partial charge is 0.136 e. The number of fused-ring (bicyclic) bond motifs is 1. The Balaban J connectivity index is 0.00000144. The fourth-order valence-corrected chi connectivity index (χ4v) is 1.92. The Morgan fingerprint density at radius 2 is 1.89 bits per heavy atom. The van der Waals surface area contributed by atoms with E-state index in [1.165, 1.54) is 5.69 Å². The largest absolute Gasteiger partial charge is 0.307 e. The Labute approximate surface area is 130 Å². The number of likely N-dealkylation sites (N-methyl/N-ethyl adjacent to an activating group) is 1. The van der Waals surface area contributed by atoms with Crippen LogP contribution >= 0.6 is 34.0 Å². The van der Waals surface area contributed by atoms with Gasteiger partial charge >= 0.3 is 0 Å². The second-order valence-electron chi connectivity index (χ2n) is 3.98. The van der Waals surface area contributed by atoms with Crippen molar-refractivity contribution in [1.29, 1.82) is 0 Å². The SMILES string of the molecule is Br.Br.CCN(CC)CCc1cn2ccccc2n1. The van der Waals surface area contributed by atoms with E-state index in [0.717, 1.165) is 31.7 Å². The molecule has 0 spiro atoms. The van der Waals surface area contributed by atoms with E-state index in [2.05, 4.69) is 34.3 Å². The number of nitrogens with zero attached hydrogens (tertiary/aromatic N) is 3. The average molecular weight is 379 g/mol. The van der Waals surface area contributed by atoms with Gasteiger partial charge in [0.25, 0.3) is 0 Å². The van der Waals surface area contributed by atoms with E-state index < -0.39 is 0 Å². The molecule has 0 fully saturated rings. The molecule has 0 aliphatic heterocycles. The quantitative estimate of drug-likeness (QED) is 0.794. The molecule has 2 aromatic heterocycles. The van der Waals surface area contributed by atoms with Crippen molar-refractivity contribution in [3.05, 3.63) is 36.3 Å². The van der Waals surface area contributed by atoms with Crippen molar-refractivity contribution in [2.75, 3.05) is 19.6 Å². The van der Waals surface area contributed by atoms with Crippen LogP contribution < -0.4 is 0 Å². The van der Waals surface area contributed by atoms with Gasteiger partial charge in [0.1, 0.15) is 5.65 Å². The second-order valence-corrected chi connectivity index (χ2v) is 3.98. The third-order valence-corrected chi connectivity index (χ3v) is 2.99. The zero-order valence-corrected chi connectivity index (χ0v) is 14.3. The first-order valence-corrected chi connectivity index (χ1v) is 5.98. The highest BCUT2D eigenvalue weighted by molar-refractivity contribution is 8.93. The van der Waals surface area contributed by atoms with Crippen molar-refractivity contribution in [2.45, 2.75) is 20.3 Å². The molecule has 0 aliphatic carbocycles. The van der Waals surface area contributed by atoms with Crippen LogP contribution in [0.5, 0.6) is 0 Å². The molecule has 2 aromatic rings. The van der Waals surface area contributed by atoms with E-state index >= 15 is 0 Å². The summed E-state index contributed by atoms with van der Waals surface area (Å²) in [4.78, 5) is 7.01. The van der Waals surface area contributed by atoms with Gasteiger partial charge in [-0.05, 0) is 25.2 Å². The van der Waals surface area contributed by atoms with Crippen molar-refractivity contribution in [2.24, 2.45) is 0 Å². The molecule has 5 heteroatoms. The molecule has 2 heterocycles. The molecule has 0 saturated heterocycles. The van der Waals surface area contributed by atoms with E-state index in [1.54, 1.807) is 0 Å². The predicted molar refractivity (Wildman–Crippen MR) is 87.3 cm³/mol. The van der Waals surface area contributed by atoms with Crippen LogP contribution in [-0.2, 0) is 6.42 Å². The lowest BCUT2D eigenvalue weighted by Gasteiger charge is -2.16. The van der Waals surface area contributed by atoms with Gasteiger partial charge in [-0.3, -0.25) is 0 Å². The molecular formula is C13H21Br2N3. The van der Waals surface area contributed by atoms with Crippen LogP contribution in [0.4, 0.5) is 0 Å². The molecule has 0 amide bonds. The van der Waals surface area contributed by atoms with Gasteiger partial charge in [-0.1, -0.05) is 19.9 Å². The number of aromatic nitrogens is 2. The summed E-state index contributed by atoms with van der Waals surface area (Å²) in [5.41, 5.74) is 2.22. The maximum Gasteiger partial charge on any atom is 0.136 e. The third-order valence-electron chi connectivity index (χ3n) is 2.99. The topological polar surface area (TPSA) is 20.5 Å². The van der Waals surface area contributed by atoms with Crippen LogP contribution in [0.15, 0.2) is 30.6 Å². The zero-order valence-electron chi connectivity index (χ0n) is 10.9. The molecule has 0 saturated carbocycles. The number of hydrogen-bond donors (Lipinski definition) is 0. The Morgan fingerprint density at radius 3 is 2.50 bits per heavy atom. The number of hydrogen-bond acceptors (Lipinski definition) is 2. The van der Waals surface area contributed by atoms with E-state index in [4.69, 9.17) is 0 Å². The molecule has 0 aliphatic rings. The Bertz CT molecular complexity index is 419. The molecule has 0 bridgehead atoms. The lowest BCUT2D eigenvalue weighted by atomic mass is 10.3. The minimum Gasteiger partial charge on any atom is -0.307 e. The van der Waals surface area contributed by atoms with Crippen LogP contribution in [0.1, 0.15) is 19.5 Å². The molecule has 2 rings (SSSR count). The maximum atomic E-state index is 4.59. The van der Waals surface area contributed by atoms with Crippen molar-refractivity contribution in [3.8, 4) is 0 Å². The van der Waals surface area contributed by atoms with Gasteiger partial charge in [0.15, 0.2) is 0 Å². The standard InChI is InChI=1S/C13H19N3.2BrH/c1-3-15(4-2)10-8-12-11-16-9-6-5-7-13(16)14-12;;/h5-7,9,11H,3-4,8,10H2,1-2H3;2*1H. The summed E-state index contributed by atoms with van der Waals surface area (Å²) >= 11 is 0. The average Bonchev–Trinajstić information content (AvgIpc) is 2.73. The molecule has 3 nitrogen and oxygen atoms in total. The number of pyridine rings is 1. The van der Waals surface area contributed by atoms with Gasteiger partial charge in [-0.25, -0.2) is 4.98 Å². The molecule has 0 unspecified atom stereocenters. The van der Waals surface area contributed by atoms with E-state index in [1.807, 2.05) is 24.4 Å². The van der Waals surface area contributed by atoms with E-state index in [0.29, 0.717) is 0 Å². The Morgan fingerprint density at radius 1 is 1.17 bits per heavy atom. The first-order valence-electron chi connectivity index (χ1n) is 5.98. The van der Waals surface area contributed by atoms with E-state index in [9.17, 15) is 0 Å². The maximum absolute atomic E-state index is 4.59. The second kappa shape index (κ2) is 8.67. The van der Waals surface area contributed by atoms with Gasteiger partial charge in [0.2, 0.25) is 0 Å². The van der Waals surface area contributed by atoms with Crippen LogP contribution in [0.2, 0.25) is 0 Å². The number of rotatable bonds is 5. The van der Waals surface area contributed by atoms with Crippen LogP contribution in [0.25, 0.3) is 5.65 Å². The fourth-order valence-electron chi connectivity index (χ4n) is 1.92. The summed E-state index contributed by atoms with van der Waals surface area (Å²) in [6.07, 6.45) is 5.20. The normalized spacial score (nSPS) is 10.2. The van der Waals surface area contributed by atoms with E-state index in [-0.39, 0.29) is 34.0 Å². The summed E-state index contributed by atoms with van der Waals surface area (Å²) in [7, 11) is 0. The molecular weight excluding hydrogens is 358 g/mol. The Hall–Kier alpha value is -0.390. The van der Waals surface area contributed by atoms with Crippen molar-refractivity contribution >= 4 is 39.6 Å². The van der Waals surface area contributed by atoms with Crippen LogP contribution in [0.3, 0.4) is 0 Å². The van der Waals surface area contributed by atoms with Crippen LogP contribution in [0, 0.1) is 0 Å². The van der Waals surface area contributed by atoms with Gasteiger partial charge in [-0.15, -0.1) is 34.0 Å². The predicted octanol–water partition coefficient (Wildman–Crippen LogP) is 3.37. The highest BCUT2D eigenvalue weighted by Crippen LogP contribution is 2.05. The summed E-state index contributed by atoms with van der Waals surface area (Å²) in [5.74, 6) is 0. The van der Waals surface area contributed by atoms with Crippen molar-refractivity contribution in [3.63, 3.8) is 0 Å². The van der Waals surface area contributed by atoms with Gasteiger partial charge in [-0.2, -0.15) is 0 Å². The van der Waals surface area contributed by atoms with Crippen molar-refractivity contribution < 1.29 is 0 Å². The summed E-state index contributed by atoms with van der Waals surface area (Å²) in [6.45, 7) is 7.73. The molecule has 0 radical (unpaired) electrons.